The van der Waals surface area contributed by atoms with Crippen LogP contribution in [0, 0.1) is 0 Å². The van der Waals surface area contributed by atoms with Crippen LogP contribution in [-0.4, -0.2) is 35.0 Å². The highest BCUT2D eigenvalue weighted by Crippen LogP contribution is 2.14. The van der Waals surface area contributed by atoms with Crippen molar-refractivity contribution in [2.75, 3.05) is 13.1 Å². The third-order valence-corrected chi connectivity index (χ3v) is 5.42. The van der Waals surface area contributed by atoms with Gasteiger partial charge in [-0.05, 0) is 12.8 Å². The fourth-order valence-corrected chi connectivity index (χ4v) is 3.71. The molecule has 0 heterocycles. The van der Waals surface area contributed by atoms with Gasteiger partial charge < -0.3 is 10.0 Å². The Morgan fingerprint density at radius 3 is 1.36 bits per heavy atom. The van der Waals surface area contributed by atoms with Crippen LogP contribution >= 0.6 is 0 Å². The smallest absolute Gasteiger partial charge is 0.323 e. The number of carbonyl (C=O) groups is 2. The number of aliphatic carboxylic acids is 1. The Hall–Kier alpha value is -1.06. The molecule has 0 aliphatic heterocycles. The van der Waals surface area contributed by atoms with Crippen LogP contribution in [-0.2, 0) is 9.59 Å². The molecule has 0 aromatic carbocycles. The first kappa shape index (κ1) is 26.9. The minimum absolute atomic E-state index is 0.00499. The maximum atomic E-state index is 12.1. The summed E-state index contributed by atoms with van der Waals surface area (Å²) in [6.07, 6.45) is 22.4. The van der Waals surface area contributed by atoms with E-state index in [1.165, 1.54) is 94.8 Å². The van der Waals surface area contributed by atoms with Crippen molar-refractivity contribution in [1.82, 2.24) is 4.90 Å². The summed E-state index contributed by atoms with van der Waals surface area (Å²) in [5, 5.41) is 8.88. The van der Waals surface area contributed by atoms with Crippen LogP contribution in [0.2, 0.25) is 0 Å². The van der Waals surface area contributed by atoms with Crippen LogP contribution in [0.1, 0.15) is 129 Å². The number of carbonyl (C=O) groups excluding carboxylic acids is 1. The van der Waals surface area contributed by atoms with Gasteiger partial charge in [-0.1, -0.05) is 110 Å². The molecule has 0 saturated heterocycles. The van der Waals surface area contributed by atoms with E-state index in [1.807, 2.05) is 6.92 Å². The molecule has 0 aromatic rings. The number of nitrogens with zero attached hydrogens (tertiary/aromatic N) is 1. The molecule has 0 saturated carbocycles. The van der Waals surface area contributed by atoms with Crippen LogP contribution in [0.5, 0.6) is 0 Å². The van der Waals surface area contributed by atoms with E-state index in [9.17, 15) is 9.59 Å². The summed E-state index contributed by atoms with van der Waals surface area (Å²) in [5.74, 6) is -0.927. The van der Waals surface area contributed by atoms with E-state index < -0.39 is 5.97 Å². The summed E-state index contributed by atoms with van der Waals surface area (Å²) >= 11 is 0. The molecule has 4 nitrogen and oxygen atoms in total. The zero-order chi connectivity index (χ0) is 20.9. The molecule has 0 aromatic heterocycles. The van der Waals surface area contributed by atoms with Gasteiger partial charge >= 0.3 is 5.97 Å². The SMILES string of the molecule is CCCCCCCCCCCCCCCCCCC(=O)N(CCC)CC(=O)O. The average Bonchev–Trinajstić information content (AvgIpc) is 2.66. The van der Waals surface area contributed by atoms with Crippen molar-refractivity contribution in [3.63, 3.8) is 0 Å². The zero-order valence-corrected chi connectivity index (χ0v) is 18.9. The van der Waals surface area contributed by atoms with E-state index >= 15 is 0 Å². The van der Waals surface area contributed by atoms with Gasteiger partial charge in [-0.25, -0.2) is 0 Å². The molecule has 0 bridgehead atoms. The molecule has 28 heavy (non-hydrogen) atoms. The molecule has 0 unspecified atom stereocenters. The van der Waals surface area contributed by atoms with Gasteiger partial charge in [0.05, 0.1) is 0 Å². The van der Waals surface area contributed by atoms with E-state index in [-0.39, 0.29) is 12.5 Å². The predicted octanol–water partition coefficient (Wildman–Crippen LogP) is 6.96. The van der Waals surface area contributed by atoms with Gasteiger partial charge in [-0.3, -0.25) is 9.59 Å². The number of hydrogen-bond acceptors (Lipinski definition) is 2. The molecule has 1 N–H and O–H groups in total. The third-order valence-electron chi connectivity index (χ3n) is 5.42. The Kier molecular flexibility index (Phi) is 19.9. The first-order valence-electron chi connectivity index (χ1n) is 12.1. The molecule has 0 aliphatic rings. The third kappa shape index (κ3) is 18.3. The molecular formula is C24H47NO3. The number of carboxylic acid groups (broad SMARTS) is 1. The zero-order valence-electron chi connectivity index (χ0n) is 18.9. The second-order valence-corrected chi connectivity index (χ2v) is 8.26. The molecule has 0 radical (unpaired) electrons. The van der Waals surface area contributed by atoms with Crippen molar-refractivity contribution in [1.29, 1.82) is 0 Å². The molecule has 0 rings (SSSR count). The minimum Gasteiger partial charge on any atom is -0.480 e. The lowest BCUT2D eigenvalue weighted by molar-refractivity contribution is -0.144. The Balaban J connectivity index is 3.36. The Bertz CT molecular complexity index is 371. The van der Waals surface area contributed by atoms with Crippen LogP contribution in [0.3, 0.4) is 0 Å². The van der Waals surface area contributed by atoms with Crippen LogP contribution in [0.25, 0.3) is 0 Å². The second-order valence-electron chi connectivity index (χ2n) is 8.26. The fourth-order valence-electron chi connectivity index (χ4n) is 3.71. The molecule has 0 fully saturated rings. The van der Waals surface area contributed by atoms with E-state index in [0.29, 0.717) is 13.0 Å². The average molecular weight is 398 g/mol. The van der Waals surface area contributed by atoms with Gasteiger partial charge in [0.25, 0.3) is 0 Å². The Morgan fingerprint density at radius 2 is 1.00 bits per heavy atom. The lowest BCUT2D eigenvalue weighted by Gasteiger charge is -2.19. The Morgan fingerprint density at radius 1 is 0.607 bits per heavy atom. The highest BCUT2D eigenvalue weighted by atomic mass is 16.4. The number of hydrogen-bond donors (Lipinski definition) is 1. The fraction of sp³-hybridized carbons (Fsp3) is 0.917. The van der Waals surface area contributed by atoms with Crippen LogP contribution in [0.15, 0.2) is 0 Å². The van der Waals surface area contributed by atoms with E-state index in [4.69, 9.17) is 5.11 Å². The highest BCUT2D eigenvalue weighted by molar-refractivity contribution is 5.81. The van der Waals surface area contributed by atoms with Crippen molar-refractivity contribution in [2.45, 2.75) is 129 Å². The van der Waals surface area contributed by atoms with Crippen molar-refractivity contribution < 1.29 is 14.7 Å². The van der Waals surface area contributed by atoms with Crippen molar-refractivity contribution in [3.05, 3.63) is 0 Å². The summed E-state index contributed by atoms with van der Waals surface area (Å²) in [6.45, 7) is 4.62. The van der Waals surface area contributed by atoms with Gasteiger partial charge in [0, 0.05) is 13.0 Å². The first-order chi connectivity index (χ1) is 13.6. The van der Waals surface area contributed by atoms with Gasteiger partial charge in [-0.15, -0.1) is 0 Å². The number of rotatable bonds is 21. The normalized spacial score (nSPS) is 10.9. The van der Waals surface area contributed by atoms with Crippen molar-refractivity contribution >= 4 is 11.9 Å². The Labute approximate surface area is 174 Å². The summed E-state index contributed by atoms with van der Waals surface area (Å²) in [7, 11) is 0. The summed E-state index contributed by atoms with van der Waals surface area (Å²) in [4.78, 5) is 24.4. The minimum atomic E-state index is -0.922. The highest BCUT2D eigenvalue weighted by Gasteiger charge is 2.15. The standard InChI is InChI=1S/C24H47NO3/c1-3-5-6-7-8-9-10-11-12-13-14-15-16-17-18-19-20-23(26)25(21-4-2)22-24(27)28/h3-22H2,1-2H3,(H,27,28). The summed E-state index contributed by atoms with van der Waals surface area (Å²) in [5.41, 5.74) is 0. The van der Waals surface area contributed by atoms with Crippen LogP contribution in [0.4, 0.5) is 0 Å². The molecular weight excluding hydrogens is 350 g/mol. The van der Waals surface area contributed by atoms with Crippen molar-refractivity contribution in [2.24, 2.45) is 0 Å². The number of amides is 1. The molecule has 166 valence electrons. The molecule has 1 amide bonds. The molecule has 0 atom stereocenters. The van der Waals surface area contributed by atoms with Gasteiger partial charge in [0.15, 0.2) is 0 Å². The van der Waals surface area contributed by atoms with Gasteiger partial charge in [0.1, 0.15) is 6.54 Å². The quantitative estimate of drug-likeness (QED) is 0.213. The number of unbranched alkanes of at least 4 members (excludes halogenated alkanes) is 15. The molecule has 4 heteroatoms. The summed E-state index contributed by atoms with van der Waals surface area (Å²) < 4.78 is 0. The van der Waals surface area contributed by atoms with Gasteiger partial charge in [-0.2, -0.15) is 0 Å². The maximum Gasteiger partial charge on any atom is 0.323 e. The van der Waals surface area contributed by atoms with Crippen molar-refractivity contribution in [3.8, 4) is 0 Å². The predicted molar refractivity (Wildman–Crippen MR) is 119 cm³/mol. The van der Waals surface area contributed by atoms with Gasteiger partial charge in [0.2, 0.25) is 5.91 Å². The van der Waals surface area contributed by atoms with E-state index in [2.05, 4.69) is 6.92 Å². The maximum absolute atomic E-state index is 12.1. The number of carboxylic acids is 1. The lowest BCUT2D eigenvalue weighted by atomic mass is 10.0. The lowest BCUT2D eigenvalue weighted by Crippen LogP contribution is -2.36. The van der Waals surface area contributed by atoms with E-state index in [0.717, 1.165) is 19.3 Å². The topological polar surface area (TPSA) is 57.6 Å². The van der Waals surface area contributed by atoms with E-state index in [1.54, 1.807) is 0 Å². The summed E-state index contributed by atoms with van der Waals surface area (Å²) in [6, 6.07) is 0. The van der Waals surface area contributed by atoms with Crippen LogP contribution < -0.4 is 0 Å². The largest absolute Gasteiger partial charge is 0.480 e. The monoisotopic (exact) mass is 397 g/mol. The molecule has 0 spiro atoms. The molecule has 0 aliphatic carbocycles. The first-order valence-corrected chi connectivity index (χ1v) is 12.1. The second kappa shape index (κ2) is 20.7.